The SMILES string of the molecule is Cc1cc(Br)c(C(O)c2ccc(Br)cc2C)s1. The predicted octanol–water partition coefficient (Wildman–Crippen LogP) is 4.97. The molecule has 1 nitrogen and oxygen atoms in total. The van der Waals surface area contributed by atoms with Gasteiger partial charge < -0.3 is 5.11 Å². The number of hydrogen-bond acceptors (Lipinski definition) is 2. The van der Waals surface area contributed by atoms with E-state index in [4.69, 9.17) is 0 Å². The van der Waals surface area contributed by atoms with Crippen LogP contribution in [0.5, 0.6) is 0 Å². The lowest BCUT2D eigenvalue weighted by Crippen LogP contribution is -2.00. The van der Waals surface area contributed by atoms with E-state index in [2.05, 4.69) is 31.9 Å². The summed E-state index contributed by atoms with van der Waals surface area (Å²) in [5, 5.41) is 10.4. The molecule has 1 aromatic heterocycles. The molecule has 2 rings (SSSR count). The first-order valence-electron chi connectivity index (χ1n) is 5.19. The van der Waals surface area contributed by atoms with Crippen molar-refractivity contribution in [3.05, 3.63) is 54.1 Å². The minimum Gasteiger partial charge on any atom is -0.383 e. The Morgan fingerprint density at radius 2 is 1.88 bits per heavy atom. The number of aryl methyl sites for hydroxylation is 2. The molecule has 2 aromatic rings. The summed E-state index contributed by atoms with van der Waals surface area (Å²) in [5.74, 6) is 0. The highest BCUT2D eigenvalue weighted by molar-refractivity contribution is 9.10. The molecule has 1 N–H and O–H groups in total. The molecule has 0 aliphatic rings. The van der Waals surface area contributed by atoms with Crippen LogP contribution in [0.4, 0.5) is 0 Å². The summed E-state index contributed by atoms with van der Waals surface area (Å²) in [6.45, 7) is 4.05. The van der Waals surface area contributed by atoms with E-state index in [0.29, 0.717) is 0 Å². The first-order valence-corrected chi connectivity index (χ1v) is 7.59. The van der Waals surface area contributed by atoms with Gasteiger partial charge in [-0.05, 0) is 59.1 Å². The highest BCUT2D eigenvalue weighted by Gasteiger charge is 2.18. The molecule has 17 heavy (non-hydrogen) atoms. The van der Waals surface area contributed by atoms with Gasteiger partial charge in [-0.2, -0.15) is 0 Å². The Labute approximate surface area is 122 Å². The van der Waals surface area contributed by atoms with E-state index in [9.17, 15) is 5.11 Å². The molecule has 1 aromatic carbocycles. The largest absolute Gasteiger partial charge is 0.383 e. The van der Waals surface area contributed by atoms with Crippen LogP contribution in [0, 0.1) is 13.8 Å². The molecule has 1 unspecified atom stereocenters. The van der Waals surface area contributed by atoms with Crippen LogP contribution in [-0.2, 0) is 0 Å². The maximum absolute atomic E-state index is 10.4. The van der Waals surface area contributed by atoms with Gasteiger partial charge in [0.1, 0.15) is 6.10 Å². The fourth-order valence-corrected chi connectivity index (χ4v) is 4.12. The molecular formula is C13H12Br2OS. The Balaban J connectivity index is 2.43. The van der Waals surface area contributed by atoms with Gasteiger partial charge in [0, 0.05) is 13.8 Å². The minimum absolute atomic E-state index is 0.559. The van der Waals surface area contributed by atoms with E-state index in [-0.39, 0.29) is 0 Å². The molecule has 0 saturated heterocycles. The molecular weight excluding hydrogens is 364 g/mol. The molecule has 0 spiro atoms. The van der Waals surface area contributed by atoms with Crippen molar-refractivity contribution in [1.82, 2.24) is 0 Å². The fraction of sp³-hybridized carbons (Fsp3) is 0.231. The summed E-state index contributed by atoms with van der Waals surface area (Å²) in [7, 11) is 0. The summed E-state index contributed by atoms with van der Waals surface area (Å²) < 4.78 is 2.02. The van der Waals surface area contributed by atoms with Crippen molar-refractivity contribution in [2.45, 2.75) is 20.0 Å². The molecule has 0 bridgehead atoms. The molecule has 1 heterocycles. The average Bonchev–Trinajstić information content (AvgIpc) is 2.57. The highest BCUT2D eigenvalue weighted by atomic mass is 79.9. The van der Waals surface area contributed by atoms with E-state index in [0.717, 1.165) is 24.9 Å². The maximum Gasteiger partial charge on any atom is 0.115 e. The Bertz CT molecular complexity index is 548. The maximum atomic E-state index is 10.4. The standard InChI is InChI=1S/C13H12Br2OS/c1-7-5-9(14)3-4-10(7)12(16)13-11(15)6-8(2)17-13/h3-6,12,16H,1-2H3. The molecule has 0 radical (unpaired) electrons. The van der Waals surface area contributed by atoms with Gasteiger partial charge in [-0.15, -0.1) is 11.3 Å². The molecule has 90 valence electrons. The first kappa shape index (κ1) is 13.3. The fourth-order valence-electron chi connectivity index (χ4n) is 1.77. The lowest BCUT2D eigenvalue weighted by Gasteiger charge is -2.13. The minimum atomic E-state index is -0.559. The van der Waals surface area contributed by atoms with Crippen LogP contribution >= 0.6 is 43.2 Å². The van der Waals surface area contributed by atoms with Crippen LogP contribution in [-0.4, -0.2) is 5.11 Å². The molecule has 0 saturated carbocycles. The number of thiophene rings is 1. The van der Waals surface area contributed by atoms with E-state index in [1.807, 2.05) is 38.1 Å². The molecule has 0 aliphatic heterocycles. The summed E-state index contributed by atoms with van der Waals surface area (Å²) in [6.07, 6.45) is -0.559. The van der Waals surface area contributed by atoms with Gasteiger partial charge in [-0.25, -0.2) is 0 Å². The summed E-state index contributed by atoms with van der Waals surface area (Å²) >= 11 is 8.55. The van der Waals surface area contributed by atoms with E-state index in [1.54, 1.807) is 11.3 Å². The van der Waals surface area contributed by atoms with E-state index >= 15 is 0 Å². The van der Waals surface area contributed by atoms with Gasteiger partial charge in [0.25, 0.3) is 0 Å². The third-order valence-electron chi connectivity index (χ3n) is 2.61. The summed E-state index contributed by atoms with van der Waals surface area (Å²) in [4.78, 5) is 2.16. The Hall–Kier alpha value is -0.160. The van der Waals surface area contributed by atoms with Crippen molar-refractivity contribution in [2.75, 3.05) is 0 Å². The van der Waals surface area contributed by atoms with Gasteiger partial charge in [-0.3, -0.25) is 0 Å². The Kier molecular flexibility index (Phi) is 4.08. The van der Waals surface area contributed by atoms with Crippen LogP contribution in [0.2, 0.25) is 0 Å². The highest BCUT2D eigenvalue weighted by Crippen LogP contribution is 2.36. The van der Waals surface area contributed by atoms with Gasteiger partial charge >= 0.3 is 0 Å². The van der Waals surface area contributed by atoms with Crippen LogP contribution < -0.4 is 0 Å². The molecule has 0 fully saturated rings. The molecule has 4 heteroatoms. The Morgan fingerprint density at radius 1 is 1.18 bits per heavy atom. The van der Waals surface area contributed by atoms with Crippen LogP contribution in [0.1, 0.15) is 27.0 Å². The van der Waals surface area contributed by atoms with Crippen molar-refractivity contribution >= 4 is 43.2 Å². The van der Waals surface area contributed by atoms with Crippen molar-refractivity contribution in [1.29, 1.82) is 0 Å². The van der Waals surface area contributed by atoms with Crippen molar-refractivity contribution < 1.29 is 5.11 Å². The second-order valence-corrected chi connectivity index (χ2v) is 7.03. The smallest absolute Gasteiger partial charge is 0.115 e. The lowest BCUT2D eigenvalue weighted by molar-refractivity contribution is 0.222. The average molecular weight is 376 g/mol. The number of rotatable bonds is 2. The predicted molar refractivity (Wildman–Crippen MR) is 79.7 cm³/mol. The lowest BCUT2D eigenvalue weighted by atomic mass is 10.0. The second-order valence-electron chi connectivity index (χ2n) is 3.97. The molecule has 1 atom stereocenters. The first-order chi connectivity index (χ1) is 7.99. The van der Waals surface area contributed by atoms with Crippen molar-refractivity contribution in [2.24, 2.45) is 0 Å². The summed E-state index contributed by atoms with van der Waals surface area (Å²) in [6, 6.07) is 7.98. The van der Waals surface area contributed by atoms with E-state index in [1.165, 1.54) is 4.88 Å². The van der Waals surface area contributed by atoms with Crippen molar-refractivity contribution in [3.8, 4) is 0 Å². The third kappa shape index (κ3) is 2.81. The zero-order chi connectivity index (χ0) is 12.6. The zero-order valence-corrected chi connectivity index (χ0v) is 13.5. The topological polar surface area (TPSA) is 20.2 Å². The van der Waals surface area contributed by atoms with E-state index < -0.39 is 6.10 Å². The van der Waals surface area contributed by atoms with Crippen LogP contribution in [0.15, 0.2) is 33.2 Å². The number of halogens is 2. The monoisotopic (exact) mass is 374 g/mol. The van der Waals surface area contributed by atoms with Gasteiger partial charge in [0.05, 0.1) is 4.88 Å². The molecule has 0 amide bonds. The number of aliphatic hydroxyl groups excluding tert-OH is 1. The quantitative estimate of drug-likeness (QED) is 0.785. The Morgan fingerprint density at radius 3 is 2.41 bits per heavy atom. The van der Waals surface area contributed by atoms with Gasteiger partial charge in [0.15, 0.2) is 0 Å². The second kappa shape index (κ2) is 5.22. The molecule has 0 aliphatic carbocycles. The normalized spacial score (nSPS) is 12.8. The van der Waals surface area contributed by atoms with Gasteiger partial charge in [-0.1, -0.05) is 22.0 Å². The van der Waals surface area contributed by atoms with Gasteiger partial charge in [0.2, 0.25) is 0 Å². The summed E-state index contributed by atoms with van der Waals surface area (Å²) in [5.41, 5.74) is 2.04. The number of benzene rings is 1. The van der Waals surface area contributed by atoms with Crippen molar-refractivity contribution in [3.63, 3.8) is 0 Å². The van der Waals surface area contributed by atoms with Crippen LogP contribution in [0.3, 0.4) is 0 Å². The van der Waals surface area contributed by atoms with Crippen LogP contribution in [0.25, 0.3) is 0 Å². The number of aliphatic hydroxyl groups is 1. The zero-order valence-electron chi connectivity index (χ0n) is 9.50. The number of hydrogen-bond donors (Lipinski definition) is 1. The third-order valence-corrected chi connectivity index (χ3v) is 5.13.